The van der Waals surface area contributed by atoms with Crippen LogP contribution >= 0.6 is 0 Å². The molecule has 6 heteroatoms. The Hall–Kier alpha value is -2.37. The quantitative estimate of drug-likeness (QED) is 0.698. The fourth-order valence-electron chi connectivity index (χ4n) is 3.89. The van der Waals surface area contributed by atoms with Crippen molar-refractivity contribution in [2.24, 2.45) is 11.8 Å². The van der Waals surface area contributed by atoms with Gasteiger partial charge in [-0.2, -0.15) is 4.98 Å². The van der Waals surface area contributed by atoms with Crippen LogP contribution in [0.5, 0.6) is 11.8 Å². The highest BCUT2D eigenvalue weighted by Gasteiger charge is 2.42. The monoisotopic (exact) mass is 382 g/mol. The first-order valence-corrected chi connectivity index (χ1v) is 10.4. The number of pyridine rings is 1. The summed E-state index contributed by atoms with van der Waals surface area (Å²) in [5, 5.41) is 3.78. The molecule has 2 fully saturated rings. The molecule has 0 unspecified atom stereocenters. The minimum Gasteiger partial charge on any atom is -0.481 e. The van der Waals surface area contributed by atoms with Gasteiger partial charge in [-0.1, -0.05) is 13.8 Å². The van der Waals surface area contributed by atoms with Gasteiger partial charge in [-0.15, -0.1) is 0 Å². The maximum absolute atomic E-state index is 5.51. The third kappa shape index (κ3) is 3.77. The van der Waals surface area contributed by atoms with Crippen LogP contribution in [-0.4, -0.2) is 35.2 Å². The molecule has 1 N–H and O–H groups in total. The average Bonchev–Trinajstić information content (AvgIpc) is 3.64. The van der Waals surface area contributed by atoms with Gasteiger partial charge in [0.05, 0.1) is 36.9 Å². The van der Waals surface area contributed by atoms with Crippen molar-refractivity contribution in [2.45, 2.75) is 58.4 Å². The molecule has 2 saturated carbocycles. The fraction of sp³-hybridized carbons (Fsp3) is 0.591. The second-order valence-corrected chi connectivity index (χ2v) is 7.78. The van der Waals surface area contributed by atoms with E-state index >= 15 is 0 Å². The molecule has 2 heterocycles. The van der Waals surface area contributed by atoms with Crippen molar-refractivity contribution in [2.75, 3.05) is 19.5 Å². The lowest BCUT2D eigenvalue weighted by molar-refractivity contribution is 0.365. The first kappa shape index (κ1) is 19.0. The van der Waals surface area contributed by atoms with Gasteiger partial charge < -0.3 is 14.8 Å². The van der Waals surface area contributed by atoms with Crippen LogP contribution < -0.4 is 14.8 Å². The van der Waals surface area contributed by atoms with Crippen LogP contribution in [0.1, 0.15) is 50.9 Å². The number of aromatic nitrogens is 3. The van der Waals surface area contributed by atoms with Crippen molar-refractivity contribution in [3.8, 4) is 23.0 Å². The van der Waals surface area contributed by atoms with Crippen LogP contribution in [0.25, 0.3) is 11.3 Å². The van der Waals surface area contributed by atoms with E-state index in [9.17, 15) is 0 Å². The molecule has 0 aliphatic heterocycles. The Kier molecular flexibility index (Phi) is 5.38. The van der Waals surface area contributed by atoms with Gasteiger partial charge in [0.25, 0.3) is 0 Å². The molecule has 28 heavy (non-hydrogen) atoms. The molecule has 2 aromatic heterocycles. The molecule has 6 nitrogen and oxygen atoms in total. The summed E-state index contributed by atoms with van der Waals surface area (Å²) in [6.07, 6.45) is 7.01. The van der Waals surface area contributed by atoms with Crippen LogP contribution in [0.3, 0.4) is 0 Å². The summed E-state index contributed by atoms with van der Waals surface area (Å²) in [5.74, 6) is 3.63. The first-order valence-electron chi connectivity index (χ1n) is 10.4. The standard InChI is InChI=1S/C22H30N4O2/c1-5-16-20(15-11-12-18(27-3)25-22(15)28-4)23-17(6-2)21(24-16)26-19(13-7-8-13)14-9-10-14/h11-14,19H,5-10H2,1-4H3,(H,24,26). The molecule has 2 aliphatic rings. The minimum absolute atomic E-state index is 0.514. The lowest BCUT2D eigenvalue weighted by atomic mass is 10.1. The first-order chi connectivity index (χ1) is 13.7. The Morgan fingerprint density at radius 3 is 2.14 bits per heavy atom. The van der Waals surface area contributed by atoms with E-state index in [2.05, 4.69) is 24.1 Å². The molecule has 4 rings (SSSR count). The van der Waals surface area contributed by atoms with E-state index in [1.165, 1.54) is 25.7 Å². The molecular formula is C22H30N4O2. The Balaban J connectivity index is 1.72. The predicted molar refractivity (Wildman–Crippen MR) is 110 cm³/mol. The number of hydrogen-bond donors (Lipinski definition) is 1. The normalized spacial score (nSPS) is 16.3. The molecule has 0 aromatic carbocycles. The minimum atomic E-state index is 0.514. The molecule has 0 radical (unpaired) electrons. The number of nitrogens with zero attached hydrogens (tertiary/aromatic N) is 3. The highest BCUT2D eigenvalue weighted by molar-refractivity contribution is 5.69. The van der Waals surface area contributed by atoms with Crippen molar-refractivity contribution in [1.82, 2.24) is 15.0 Å². The van der Waals surface area contributed by atoms with Crippen molar-refractivity contribution in [1.29, 1.82) is 0 Å². The summed E-state index contributed by atoms with van der Waals surface area (Å²) >= 11 is 0. The lowest BCUT2D eigenvalue weighted by Crippen LogP contribution is -2.26. The highest BCUT2D eigenvalue weighted by Crippen LogP contribution is 2.46. The van der Waals surface area contributed by atoms with Crippen LogP contribution in [0, 0.1) is 11.8 Å². The molecule has 0 atom stereocenters. The van der Waals surface area contributed by atoms with Crippen LogP contribution in [0.2, 0.25) is 0 Å². The second-order valence-electron chi connectivity index (χ2n) is 7.78. The zero-order chi connectivity index (χ0) is 19.7. The van der Waals surface area contributed by atoms with Crippen LogP contribution in [0.4, 0.5) is 5.82 Å². The average molecular weight is 383 g/mol. The van der Waals surface area contributed by atoms with Gasteiger partial charge in [-0.25, -0.2) is 9.97 Å². The van der Waals surface area contributed by atoms with Gasteiger partial charge in [0.1, 0.15) is 5.82 Å². The van der Waals surface area contributed by atoms with Crippen LogP contribution in [-0.2, 0) is 12.8 Å². The number of rotatable bonds is 9. The third-order valence-electron chi connectivity index (χ3n) is 5.77. The van der Waals surface area contributed by atoms with Crippen molar-refractivity contribution < 1.29 is 9.47 Å². The molecule has 0 bridgehead atoms. The molecular weight excluding hydrogens is 352 g/mol. The van der Waals surface area contributed by atoms with Gasteiger partial charge in [0, 0.05) is 12.1 Å². The summed E-state index contributed by atoms with van der Waals surface area (Å²) in [6, 6.07) is 4.36. The Bertz CT molecular complexity index is 835. The van der Waals surface area contributed by atoms with E-state index in [1.54, 1.807) is 14.2 Å². The summed E-state index contributed by atoms with van der Waals surface area (Å²) in [7, 11) is 3.22. The fourth-order valence-corrected chi connectivity index (χ4v) is 3.89. The van der Waals surface area contributed by atoms with E-state index in [1.807, 2.05) is 12.1 Å². The largest absolute Gasteiger partial charge is 0.481 e. The summed E-state index contributed by atoms with van der Waals surface area (Å²) in [4.78, 5) is 14.5. The van der Waals surface area contributed by atoms with E-state index < -0.39 is 0 Å². The van der Waals surface area contributed by atoms with Crippen molar-refractivity contribution >= 4 is 5.82 Å². The summed E-state index contributed by atoms with van der Waals surface area (Å²) in [6.45, 7) is 4.25. The number of anilines is 1. The number of ether oxygens (including phenoxy) is 2. The number of nitrogens with one attached hydrogen (secondary N) is 1. The van der Waals surface area contributed by atoms with Gasteiger partial charge >= 0.3 is 0 Å². The molecule has 0 saturated heterocycles. The third-order valence-corrected chi connectivity index (χ3v) is 5.77. The van der Waals surface area contributed by atoms with E-state index in [0.717, 1.165) is 53.1 Å². The van der Waals surface area contributed by atoms with E-state index in [-0.39, 0.29) is 0 Å². The Morgan fingerprint density at radius 2 is 1.61 bits per heavy atom. The molecule has 2 aromatic rings. The second kappa shape index (κ2) is 7.94. The summed E-state index contributed by atoms with van der Waals surface area (Å²) in [5.41, 5.74) is 3.69. The zero-order valence-electron chi connectivity index (χ0n) is 17.3. The van der Waals surface area contributed by atoms with Gasteiger partial charge in [-0.05, 0) is 56.4 Å². The topological polar surface area (TPSA) is 69.2 Å². The lowest BCUT2D eigenvalue weighted by Gasteiger charge is -2.21. The maximum atomic E-state index is 5.51. The Labute approximate surface area is 167 Å². The van der Waals surface area contributed by atoms with Gasteiger partial charge in [-0.3, -0.25) is 0 Å². The predicted octanol–water partition coefficient (Wildman–Crippen LogP) is 4.28. The molecule has 2 aliphatic carbocycles. The number of methoxy groups -OCH3 is 2. The zero-order valence-corrected chi connectivity index (χ0v) is 17.3. The number of aryl methyl sites for hydroxylation is 2. The van der Waals surface area contributed by atoms with Crippen molar-refractivity contribution in [3.05, 3.63) is 23.5 Å². The smallest absolute Gasteiger partial charge is 0.226 e. The highest BCUT2D eigenvalue weighted by atomic mass is 16.5. The van der Waals surface area contributed by atoms with Crippen molar-refractivity contribution in [3.63, 3.8) is 0 Å². The van der Waals surface area contributed by atoms with Gasteiger partial charge in [0.15, 0.2) is 0 Å². The maximum Gasteiger partial charge on any atom is 0.226 e. The Morgan fingerprint density at radius 1 is 0.929 bits per heavy atom. The van der Waals surface area contributed by atoms with Gasteiger partial charge in [0.2, 0.25) is 11.8 Å². The van der Waals surface area contributed by atoms with E-state index in [0.29, 0.717) is 17.8 Å². The SMILES string of the molecule is CCc1nc(-c2ccc(OC)nc2OC)c(CC)nc1NC(C1CC1)C1CC1. The molecule has 150 valence electrons. The van der Waals surface area contributed by atoms with E-state index in [4.69, 9.17) is 19.4 Å². The molecule has 0 spiro atoms. The van der Waals surface area contributed by atoms with Crippen LogP contribution in [0.15, 0.2) is 12.1 Å². The molecule has 0 amide bonds. The number of hydrogen-bond acceptors (Lipinski definition) is 6. The summed E-state index contributed by atoms with van der Waals surface area (Å²) < 4.78 is 10.7.